The average Bonchev–Trinajstić information content (AvgIpc) is 1.97. The Morgan fingerprint density at radius 2 is 2.08 bits per heavy atom. The van der Waals surface area contributed by atoms with Crippen molar-refractivity contribution in [2.24, 2.45) is 5.73 Å². The van der Waals surface area contributed by atoms with E-state index < -0.39 is 11.6 Å². The Bertz CT molecular complexity index is 173. The van der Waals surface area contributed by atoms with Crippen LogP contribution in [-0.4, -0.2) is 40.6 Å². The second-order valence-corrected chi connectivity index (χ2v) is 3.95. The molecule has 0 rings (SSSR count). The standard InChI is InChI=1S/C9H20N2O2/c1-5-11(6-9(3,4)13)8(12)7(2)10/h7,13H,5-6,10H2,1-4H3/t7-/m0/s1. The van der Waals surface area contributed by atoms with Crippen LogP contribution < -0.4 is 5.73 Å². The van der Waals surface area contributed by atoms with Gasteiger partial charge < -0.3 is 15.7 Å². The van der Waals surface area contributed by atoms with Crippen molar-refractivity contribution in [3.63, 3.8) is 0 Å². The van der Waals surface area contributed by atoms with Gasteiger partial charge in [0.05, 0.1) is 11.6 Å². The third-order valence-corrected chi connectivity index (χ3v) is 1.66. The molecule has 1 amide bonds. The molecule has 0 unspecified atom stereocenters. The van der Waals surface area contributed by atoms with Crippen LogP contribution in [0.2, 0.25) is 0 Å². The normalized spacial score (nSPS) is 14.0. The van der Waals surface area contributed by atoms with E-state index in [-0.39, 0.29) is 5.91 Å². The molecule has 0 aromatic heterocycles. The van der Waals surface area contributed by atoms with Crippen LogP contribution >= 0.6 is 0 Å². The highest BCUT2D eigenvalue weighted by atomic mass is 16.3. The molecular weight excluding hydrogens is 168 g/mol. The Kier molecular flexibility index (Phi) is 4.36. The monoisotopic (exact) mass is 188 g/mol. The molecule has 0 radical (unpaired) electrons. The number of hydrogen-bond donors (Lipinski definition) is 2. The van der Waals surface area contributed by atoms with Gasteiger partial charge in [-0.25, -0.2) is 0 Å². The summed E-state index contributed by atoms with van der Waals surface area (Å²) in [5.41, 5.74) is 4.60. The van der Waals surface area contributed by atoms with Crippen LogP contribution in [0, 0.1) is 0 Å². The van der Waals surface area contributed by atoms with Gasteiger partial charge in [0.2, 0.25) is 5.91 Å². The summed E-state index contributed by atoms with van der Waals surface area (Å²) in [7, 11) is 0. The zero-order valence-corrected chi connectivity index (χ0v) is 8.87. The molecule has 0 aromatic rings. The average molecular weight is 188 g/mol. The molecule has 3 N–H and O–H groups in total. The van der Waals surface area contributed by atoms with Crippen LogP contribution in [0.25, 0.3) is 0 Å². The highest BCUT2D eigenvalue weighted by molar-refractivity contribution is 5.81. The number of aliphatic hydroxyl groups is 1. The van der Waals surface area contributed by atoms with Crippen LogP contribution in [0.4, 0.5) is 0 Å². The molecule has 1 atom stereocenters. The van der Waals surface area contributed by atoms with E-state index in [1.54, 1.807) is 25.7 Å². The largest absolute Gasteiger partial charge is 0.389 e. The van der Waals surface area contributed by atoms with Crippen molar-refractivity contribution >= 4 is 5.91 Å². The summed E-state index contributed by atoms with van der Waals surface area (Å²) in [6, 6.07) is -0.498. The van der Waals surface area contributed by atoms with Gasteiger partial charge in [0, 0.05) is 13.1 Å². The van der Waals surface area contributed by atoms with Crippen molar-refractivity contribution in [2.45, 2.75) is 39.3 Å². The summed E-state index contributed by atoms with van der Waals surface area (Å²) >= 11 is 0. The molecule has 0 aliphatic carbocycles. The molecule has 0 bridgehead atoms. The number of likely N-dealkylation sites (N-methyl/N-ethyl adjacent to an activating group) is 1. The van der Waals surface area contributed by atoms with Crippen molar-refractivity contribution in [1.29, 1.82) is 0 Å². The van der Waals surface area contributed by atoms with E-state index in [0.29, 0.717) is 13.1 Å². The summed E-state index contributed by atoms with van der Waals surface area (Å²) in [5.74, 6) is -0.121. The molecular formula is C9H20N2O2. The second-order valence-electron chi connectivity index (χ2n) is 3.95. The van der Waals surface area contributed by atoms with E-state index in [2.05, 4.69) is 0 Å². The Balaban J connectivity index is 4.27. The number of carbonyl (C=O) groups is 1. The predicted molar refractivity (Wildman–Crippen MR) is 52.2 cm³/mol. The number of nitrogens with zero attached hydrogens (tertiary/aromatic N) is 1. The van der Waals surface area contributed by atoms with Crippen molar-refractivity contribution in [2.75, 3.05) is 13.1 Å². The molecule has 0 aromatic carbocycles. The summed E-state index contributed by atoms with van der Waals surface area (Å²) < 4.78 is 0. The number of carbonyl (C=O) groups excluding carboxylic acids is 1. The minimum absolute atomic E-state index is 0.121. The van der Waals surface area contributed by atoms with E-state index in [1.807, 2.05) is 6.92 Å². The molecule has 0 saturated carbocycles. The maximum Gasteiger partial charge on any atom is 0.239 e. The van der Waals surface area contributed by atoms with Crippen LogP contribution in [0.3, 0.4) is 0 Å². The fraction of sp³-hybridized carbons (Fsp3) is 0.889. The fourth-order valence-electron chi connectivity index (χ4n) is 1.10. The SMILES string of the molecule is CCN(CC(C)(C)O)C(=O)[C@H](C)N. The summed E-state index contributed by atoms with van der Waals surface area (Å²) in [5, 5.41) is 9.52. The molecule has 13 heavy (non-hydrogen) atoms. The molecule has 4 nitrogen and oxygen atoms in total. The number of amides is 1. The zero-order valence-electron chi connectivity index (χ0n) is 8.87. The number of hydrogen-bond acceptors (Lipinski definition) is 3. The van der Waals surface area contributed by atoms with Crippen LogP contribution in [0.5, 0.6) is 0 Å². The molecule has 0 saturated heterocycles. The van der Waals surface area contributed by atoms with E-state index in [9.17, 15) is 9.90 Å². The van der Waals surface area contributed by atoms with Crippen molar-refractivity contribution in [1.82, 2.24) is 4.90 Å². The first-order valence-electron chi connectivity index (χ1n) is 4.54. The van der Waals surface area contributed by atoms with Crippen molar-refractivity contribution < 1.29 is 9.90 Å². The molecule has 0 heterocycles. The summed E-state index contributed by atoms with van der Waals surface area (Å²) in [6.45, 7) is 7.75. The van der Waals surface area contributed by atoms with E-state index in [1.165, 1.54) is 0 Å². The summed E-state index contributed by atoms with van der Waals surface area (Å²) in [4.78, 5) is 13.0. The van der Waals surface area contributed by atoms with E-state index in [0.717, 1.165) is 0 Å². The predicted octanol–water partition coefficient (Wildman–Crippen LogP) is -0.0470. The van der Waals surface area contributed by atoms with Gasteiger partial charge >= 0.3 is 0 Å². The minimum atomic E-state index is -0.861. The maximum absolute atomic E-state index is 11.4. The molecule has 0 aliphatic rings. The zero-order chi connectivity index (χ0) is 10.6. The first-order chi connectivity index (χ1) is 5.78. The maximum atomic E-state index is 11.4. The van der Waals surface area contributed by atoms with Crippen LogP contribution in [0.1, 0.15) is 27.7 Å². The summed E-state index contributed by atoms with van der Waals surface area (Å²) in [6.07, 6.45) is 0. The Morgan fingerprint density at radius 3 is 2.31 bits per heavy atom. The molecule has 78 valence electrons. The highest BCUT2D eigenvalue weighted by Gasteiger charge is 2.22. The van der Waals surface area contributed by atoms with Gasteiger partial charge in [-0.3, -0.25) is 4.79 Å². The smallest absolute Gasteiger partial charge is 0.239 e. The lowest BCUT2D eigenvalue weighted by atomic mass is 10.1. The van der Waals surface area contributed by atoms with Gasteiger partial charge in [0.1, 0.15) is 0 Å². The van der Waals surface area contributed by atoms with Crippen molar-refractivity contribution in [3.05, 3.63) is 0 Å². The lowest BCUT2D eigenvalue weighted by Crippen LogP contribution is -2.47. The Labute approximate surface area is 79.7 Å². The van der Waals surface area contributed by atoms with E-state index in [4.69, 9.17) is 5.73 Å². The van der Waals surface area contributed by atoms with Gasteiger partial charge in [0.15, 0.2) is 0 Å². The lowest BCUT2D eigenvalue weighted by molar-refractivity contribution is -0.134. The minimum Gasteiger partial charge on any atom is -0.389 e. The van der Waals surface area contributed by atoms with Gasteiger partial charge in [-0.15, -0.1) is 0 Å². The van der Waals surface area contributed by atoms with E-state index >= 15 is 0 Å². The van der Waals surface area contributed by atoms with Gasteiger partial charge in [-0.05, 0) is 27.7 Å². The first-order valence-corrected chi connectivity index (χ1v) is 4.54. The van der Waals surface area contributed by atoms with Crippen LogP contribution in [0.15, 0.2) is 0 Å². The van der Waals surface area contributed by atoms with Gasteiger partial charge in [0.25, 0.3) is 0 Å². The number of rotatable bonds is 4. The quantitative estimate of drug-likeness (QED) is 0.650. The van der Waals surface area contributed by atoms with Crippen LogP contribution in [-0.2, 0) is 4.79 Å². The molecule has 4 heteroatoms. The topological polar surface area (TPSA) is 66.6 Å². The van der Waals surface area contributed by atoms with Gasteiger partial charge in [-0.1, -0.05) is 0 Å². The van der Waals surface area contributed by atoms with Gasteiger partial charge in [-0.2, -0.15) is 0 Å². The Hall–Kier alpha value is -0.610. The molecule has 0 fully saturated rings. The molecule has 0 aliphatic heterocycles. The fourth-order valence-corrected chi connectivity index (χ4v) is 1.10. The Morgan fingerprint density at radius 1 is 1.62 bits per heavy atom. The first kappa shape index (κ1) is 12.4. The number of nitrogens with two attached hydrogens (primary N) is 1. The third-order valence-electron chi connectivity index (χ3n) is 1.66. The molecule has 0 spiro atoms. The third kappa shape index (κ3) is 4.85. The van der Waals surface area contributed by atoms with Crippen molar-refractivity contribution in [3.8, 4) is 0 Å². The highest BCUT2D eigenvalue weighted by Crippen LogP contribution is 2.05. The lowest BCUT2D eigenvalue weighted by Gasteiger charge is -2.29. The second kappa shape index (κ2) is 4.58.